The Morgan fingerprint density at radius 3 is 2.62 bits per heavy atom. The van der Waals surface area contributed by atoms with Crippen LogP contribution in [0.3, 0.4) is 0 Å². The molecular weight excluding hydrogens is 322 g/mol. The number of thiazole rings is 1. The highest BCUT2D eigenvalue weighted by atomic mass is 32.1. The van der Waals surface area contributed by atoms with E-state index in [4.69, 9.17) is 10.5 Å². The van der Waals surface area contributed by atoms with Crippen molar-refractivity contribution in [1.82, 2.24) is 9.88 Å². The lowest BCUT2D eigenvalue weighted by atomic mass is 10.1. The van der Waals surface area contributed by atoms with Crippen LogP contribution in [0.15, 0.2) is 40.8 Å². The molecule has 1 saturated heterocycles. The number of rotatable bonds is 5. The van der Waals surface area contributed by atoms with Crippen LogP contribution < -0.4 is 15.4 Å². The van der Waals surface area contributed by atoms with Gasteiger partial charge in [0.15, 0.2) is 11.1 Å². The van der Waals surface area contributed by atoms with Crippen molar-refractivity contribution < 1.29 is 4.74 Å². The van der Waals surface area contributed by atoms with E-state index in [1.54, 1.807) is 18.4 Å². The first-order chi connectivity index (χ1) is 11.8. The van der Waals surface area contributed by atoms with Crippen LogP contribution in [0, 0.1) is 0 Å². The Balaban J connectivity index is 1.46. The van der Waals surface area contributed by atoms with E-state index in [1.165, 1.54) is 5.56 Å². The maximum atomic E-state index is 6.15. The molecule has 3 rings (SSSR count). The Hall–Kier alpha value is -2.28. The van der Waals surface area contributed by atoms with Gasteiger partial charge in [-0.1, -0.05) is 12.1 Å². The number of nitrogens with two attached hydrogens (primary N) is 1. The average Bonchev–Trinajstić information content (AvgIpc) is 3.17. The Morgan fingerprint density at radius 2 is 2.00 bits per heavy atom. The number of nitrogens with zero attached hydrogens (tertiary/aromatic N) is 4. The van der Waals surface area contributed by atoms with Gasteiger partial charge in [0, 0.05) is 44.3 Å². The van der Waals surface area contributed by atoms with Gasteiger partial charge in [-0.05, 0) is 24.1 Å². The molecule has 0 unspecified atom stereocenters. The van der Waals surface area contributed by atoms with Gasteiger partial charge >= 0.3 is 0 Å². The minimum atomic E-state index is 0.641. The molecule has 2 heterocycles. The van der Waals surface area contributed by atoms with Crippen molar-refractivity contribution in [2.75, 3.05) is 44.7 Å². The first-order valence-corrected chi connectivity index (χ1v) is 8.96. The molecule has 1 aliphatic rings. The van der Waals surface area contributed by atoms with Gasteiger partial charge in [-0.3, -0.25) is 4.99 Å². The van der Waals surface area contributed by atoms with Gasteiger partial charge in [-0.25, -0.2) is 4.98 Å². The van der Waals surface area contributed by atoms with E-state index in [0.717, 1.165) is 43.5 Å². The summed E-state index contributed by atoms with van der Waals surface area (Å²) in [6, 6.07) is 8.08. The molecule has 0 amide bonds. The fourth-order valence-corrected chi connectivity index (χ4v) is 3.39. The Bertz CT molecular complexity index is 648. The van der Waals surface area contributed by atoms with Crippen LogP contribution in [-0.4, -0.2) is 55.7 Å². The molecule has 2 aromatic rings. The minimum absolute atomic E-state index is 0.641. The monoisotopic (exact) mass is 345 g/mol. The standard InChI is InChI=1S/C17H23N5OS/c1-23-15-4-2-14(3-5-15)6-7-19-16(18)21-9-11-22(12-10-21)17-20-8-13-24-17/h2-5,8,13H,6-7,9-12H2,1H3,(H2,18,19). The Morgan fingerprint density at radius 1 is 1.25 bits per heavy atom. The summed E-state index contributed by atoms with van der Waals surface area (Å²) in [6.07, 6.45) is 2.73. The number of aliphatic imine (C=N–C) groups is 1. The second kappa shape index (κ2) is 8.01. The molecule has 1 fully saturated rings. The molecule has 0 atom stereocenters. The zero-order valence-electron chi connectivity index (χ0n) is 13.9. The quantitative estimate of drug-likeness (QED) is 0.661. The summed E-state index contributed by atoms with van der Waals surface area (Å²) in [6.45, 7) is 4.34. The summed E-state index contributed by atoms with van der Waals surface area (Å²) < 4.78 is 5.16. The first-order valence-electron chi connectivity index (χ1n) is 8.08. The second-order valence-electron chi connectivity index (χ2n) is 5.63. The van der Waals surface area contributed by atoms with E-state index >= 15 is 0 Å². The molecular formula is C17H23N5OS. The lowest BCUT2D eigenvalue weighted by molar-refractivity contribution is 0.380. The van der Waals surface area contributed by atoms with Crippen molar-refractivity contribution >= 4 is 22.4 Å². The highest BCUT2D eigenvalue weighted by molar-refractivity contribution is 7.13. The summed E-state index contributed by atoms with van der Waals surface area (Å²) in [5, 5.41) is 3.10. The summed E-state index contributed by atoms with van der Waals surface area (Å²) in [7, 11) is 1.67. The number of benzene rings is 1. The largest absolute Gasteiger partial charge is 0.497 e. The van der Waals surface area contributed by atoms with Crippen LogP contribution in [0.25, 0.3) is 0 Å². The molecule has 0 radical (unpaired) electrons. The molecule has 128 valence electrons. The number of aromatic nitrogens is 1. The smallest absolute Gasteiger partial charge is 0.191 e. The molecule has 7 heteroatoms. The summed E-state index contributed by atoms with van der Waals surface area (Å²) in [5.74, 6) is 1.52. The third-order valence-electron chi connectivity index (χ3n) is 4.13. The van der Waals surface area contributed by atoms with Crippen molar-refractivity contribution in [3.8, 4) is 5.75 Å². The Kier molecular flexibility index (Phi) is 5.53. The third-order valence-corrected chi connectivity index (χ3v) is 4.96. The number of ether oxygens (including phenoxy) is 1. The van der Waals surface area contributed by atoms with Crippen LogP contribution in [0.1, 0.15) is 5.56 Å². The lowest BCUT2D eigenvalue weighted by Gasteiger charge is -2.35. The topological polar surface area (TPSA) is 67.0 Å². The van der Waals surface area contributed by atoms with Crippen LogP contribution in [0.4, 0.5) is 5.13 Å². The molecule has 2 N–H and O–H groups in total. The molecule has 24 heavy (non-hydrogen) atoms. The van der Waals surface area contributed by atoms with Crippen LogP contribution >= 0.6 is 11.3 Å². The van der Waals surface area contributed by atoms with Crippen LogP contribution in [-0.2, 0) is 6.42 Å². The van der Waals surface area contributed by atoms with Crippen LogP contribution in [0.5, 0.6) is 5.75 Å². The highest BCUT2D eigenvalue weighted by Gasteiger charge is 2.19. The fraction of sp³-hybridized carbons (Fsp3) is 0.412. The first kappa shape index (κ1) is 16.6. The zero-order valence-corrected chi connectivity index (χ0v) is 14.7. The van der Waals surface area contributed by atoms with Gasteiger partial charge in [0.1, 0.15) is 5.75 Å². The molecule has 1 aromatic carbocycles. The van der Waals surface area contributed by atoms with Gasteiger partial charge in [-0.2, -0.15) is 0 Å². The minimum Gasteiger partial charge on any atom is -0.497 e. The zero-order chi connectivity index (χ0) is 16.8. The summed E-state index contributed by atoms with van der Waals surface area (Å²) in [4.78, 5) is 13.3. The fourth-order valence-electron chi connectivity index (χ4n) is 2.69. The van der Waals surface area contributed by atoms with Crippen molar-refractivity contribution in [2.45, 2.75) is 6.42 Å². The third kappa shape index (κ3) is 4.17. The van der Waals surface area contributed by atoms with Gasteiger partial charge in [0.2, 0.25) is 0 Å². The van der Waals surface area contributed by atoms with Crippen molar-refractivity contribution in [3.63, 3.8) is 0 Å². The van der Waals surface area contributed by atoms with E-state index in [0.29, 0.717) is 12.5 Å². The van der Waals surface area contributed by atoms with Gasteiger partial charge < -0.3 is 20.3 Å². The molecule has 1 aliphatic heterocycles. The maximum Gasteiger partial charge on any atom is 0.191 e. The van der Waals surface area contributed by atoms with E-state index in [1.807, 2.05) is 23.7 Å². The average molecular weight is 345 g/mol. The van der Waals surface area contributed by atoms with Gasteiger partial charge in [-0.15, -0.1) is 11.3 Å². The number of hydrogen-bond acceptors (Lipinski definition) is 5. The molecule has 0 bridgehead atoms. The van der Waals surface area contributed by atoms with Crippen molar-refractivity contribution in [2.24, 2.45) is 10.7 Å². The number of piperazine rings is 1. The van der Waals surface area contributed by atoms with Crippen molar-refractivity contribution in [1.29, 1.82) is 0 Å². The van der Waals surface area contributed by atoms with E-state index in [-0.39, 0.29) is 0 Å². The van der Waals surface area contributed by atoms with Crippen molar-refractivity contribution in [3.05, 3.63) is 41.4 Å². The molecule has 0 saturated carbocycles. The van der Waals surface area contributed by atoms with E-state index in [9.17, 15) is 0 Å². The number of hydrogen-bond donors (Lipinski definition) is 1. The van der Waals surface area contributed by atoms with E-state index < -0.39 is 0 Å². The second-order valence-corrected chi connectivity index (χ2v) is 6.50. The molecule has 6 nitrogen and oxygen atoms in total. The lowest BCUT2D eigenvalue weighted by Crippen LogP contribution is -2.51. The number of guanidine groups is 1. The van der Waals surface area contributed by atoms with E-state index in [2.05, 4.69) is 31.9 Å². The van der Waals surface area contributed by atoms with Gasteiger partial charge in [0.25, 0.3) is 0 Å². The molecule has 0 spiro atoms. The Labute approximate surface area is 146 Å². The predicted octanol–water partition coefficient (Wildman–Crippen LogP) is 1.83. The van der Waals surface area contributed by atoms with Crippen LogP contribution in [0.2, 0.25) is 0 Å². The number of methoxy groups -OCH3 is 1. The molecule has 0 aliphatic carbocycles. The maximum absolute atomic E-state index is 6.15. The summed E-state index contributed by atoms with van der Waals surface area (Å²) >= 11 is 1.68. The SMILES string of the molecule is COc1ccc(CCN=C(N)N2CCN(c3nccs3)CC2)cc1. The highest BCUT2D eigenvalue weighted by Crippen LogP contribution is 2.18. The van der Waals surface area contributed by atoms with Gasteiger partial charge in [0.05, 0.1) is 7.11 Å². The predicted molar refractivity (Wildman–Crippen MR) is 99.1 cm³/mol. The summed E-state index contributed by atoms with van der Waals surface area (Å²) in [5.41, 5.74) is 7.38. The normalized spacial score (nSPS) is 15.6. The number of anilines is 1. The molecule has 1 aromatic heterocycles.